The van der Waals surface area contributed by atoms with Crippen LogP contribution >= 0.6 is 23.3 Å². The zero-order valence-electron chi connectivity index (χ0n) is 16.4. The summed E-state index contributed by atoms with van der Waals surface area (Å²) in [6, 6.07) is 6.28. The fourth-order valence-electron chi connectivity index (χ4n) is 3.09. The van der Waals surface area contributed by atoms with Gasteiger partial charge in [0.1, 0.15) is 29.9 Å². The standard InChI is InChI=1S/C20H15F4N5OS2/c1-11(31-19-27-18(28-32-19)12-2-5-15(22)17(24)6-12)20(30,8-29-10-25-9-26-29)14-4-3-13(21)7-16(14)23/h2-7,9-11,30H,8H2,1H3. The van der Waals surface area contributed by atoms with Crippen molar-refractivity contribution in [3.63, 3.8) is 0 Å². The minimum Gasteiger partial charge on any atom is -0.382 e. The first-order valence-electron chi connectivity index (χ1n) is 9.22. The molecule has 0 aliphatic carbocycles. The smallest absolute Gasteiger partial charge is 0.174 e. The van der Waals surface area contributed by atoms with Crippen LogP contribution in [0.3, 0.4) is 0 Å². The van der Waals surface area contributed by atoms with Gasteiger partial charge < -0.3 is 5.11 Å². The van der Waals surface area contributed by atoms with Crippen molar-refractivity contribution in [2.24, 2.45) is 0 Å². The quantitative estimate of drug-likeness (QED) is 0.311. The Labute approximate surface area is 188 Å². The summed E-state index contributed by atoms with van der Waals surface area (Å²) in [6.07, 6.45) is 2.65. The molecule has 0 bridgehead atoms. The van der Waals surface area contributed by atoms with Crippen LogP contribution in [0.15, 0.2) is 53.4 Å². The van der Waals surface area contributed by atoms with Gasteiger partial charge in [0.05, 0.1) is 6.54 Å². The van der Waals surface area contributed by atoms with E-state index in [0.717, 1.165) is 41.5 Å². The van der Waals surface area contributed by atoms with Crippen LogP contribution in [0, 0.1) is 23.3 Å². The number of hydrogen-bond donors (Lipinski definition) is 1. The number of nitrogens with zero attached hydrogens (tertiary/aromatic N) is 5. The largest absolute Gasteiger partial charge is 0.382 e. The molecule has 0 amide bonds. The van der Waals surface area contributed by atoms with Crippen molar-refractivity contribution < 1.29 is 22.7 Å². The van der Waals surface area contributed by atoms with Gasteiger partial charge in [0.25, 0.3) is 0 Å². The topological polar surface area (TPSA) is 76.7 Å². The average molecular weight is 482 g/mol. The van der Waals surface area contributed by atoms with Crippen LogP contribution in [0.1, 0.15) is 12.5 Å². The summed E-state index contributed by atoms with van der Waals surface area (Å²) >= 11 is 2.10. The van der Waals surface area contributed by atoms with E-state index in [9.17, 15) is 22.7 Å². The molecule has 0 spiro atoms. The van der Waals surface area contributed by atoms with Gasteiger partial charge >= 0.3 is 0 Å². The molecule has 0 aliphatic heterocycles. The zero-order chi connectivity index (χ0) is 22.9. The Morgan fingerprint density at radius 3 is 2.59 bits per heavy atom. The van der Waals surface area contributed by atoms with Gasteiger partial charge in [0.15, 0.2) is 21.8 Å². The second kappa shape index (κ2) is 8.96. The number of aromatic nitrogens is 5. The van der Waals surface area contributed by atoms with E-state index in [1.807, 2.05) is 0 Å². The van der Waals surface area contributed by atoms with E-state index in [2.05, 4.69) is 19.4 Å². The van der Waals surface area contributed by atoms with Gasteiger partial charge in [-0.2, -0.15) is 9.47 Å². The Hall–Kier alpha value is -2.83. The van der Waals surface area contributed by atoms with Crippen molar-refractivity contribution in [2.75, 3.05) is 0 Å². The molecular formula is C20H15F4N5OS2. The molecule has 32 heavy (non-hydrogen) atoms. The van der Waals surface area contributed by atoms with Crippen molar-refractivity contribution in [2.45, 2.75) is 28.7 Å². The lowest BCUT2D eigenvalue weighted by Crippen LogP contribution is -2.41. The first-order chi connectivity index (χ1) is 15.3. The SMILES string of the molecule is CC(Sc1nc(-c2ccc(F)c(F)c2)ns1)C(O)(Cn1cncn1)c1ccc(F)cc1F. The van der Waals surface area contributed by atoms with Gasteiger partial charge in [-0.1, -0.05) is 17.8 Å². The van der Waals surface area contributed by atoms with E-state index in [1.165, 1.54) is 29.5 Å². The van der Waals surface area contributed by atoms with Crippen LogP contribution < -0.4 is 0 Å². The molecule has 2 atom stereocenters. The summed E-state index contributed by atoms with van der Waals surface area (Å²) < 4.78 is 60.7. The second-order valence-electron chi connectivity index (χ2n) is 6.91. The molecule has 0 radical (unpaired) electrons. The lowest BCUT2D eigenvalue weighted by molar-refractivity contribution is 0.0133. The number of hydrogen-bond acceptors (Lipinski definition) is 7. The Kier molecular flexibility index (Phi) is 6.26. The highest BCUT2D eigenvalue weighted by Crippen LogP contribution is 2.40. The van der Waals surface area contributed by atoms with Crippen LogP contribution in [0.4, 0.5) is 17.6 Å². The fraction of sp³-hybridized carbons (Fsp3) is 0.200. The van der Waals surface area contributed by atoms with E-state index in [1.54, 1.807) is 6.92 Å². The van der Waals surface area contributed by atoms with Gasteiger partial charge in [-0.3, -0.25) is 0 Å². The van der Waals surface area contributed by atoms with Crippen LogP contribution in [-0.2, 0) is 12.1 Å². The van der Waals surface area contributed by atoms with Crippen LogP contribution in [0.5, 0.6) is 0 Å². The third-order valence-electron chi connectivity index (χ3n) is 4.80. The molecule has 2 heterocycles. The van der Waals surface area contributed by atoms with Crippen LogP contribution in [-0.4, -0.2) is 34.5 Å². The molecule has 12 heteroatoms. The van der Waals surface area contributed by atoms with Crippen LogP contribution in [0.2, 0.25) is 0 Å². The maximum Gasteiger partial charge on any atom is 0.174 e. The molecule has 0 fully saturated rings. The fourth-order valence-corrected chi connectivity index (χ4v) is 5.09. The van der Waals surface area contributed by atoms with Gasteiger partial charge in [-0.15, -0.1) is 0 Å². The van der Waals surface area contributed by atoms with E-state index in [0.29, 0.717) is 16.0 Å². The molecule has 6 nitrogen and oxygen atoms in total. The predicted molar refractivity (Wildman–Crippen MR) is 111 cm³/mol. The molecule has 4 rings (SSSR count). The summed E-state index contributed by atoms with van der Waals surface area (Å²) in [5, 5.41) is 14.8. The van der Waals surface area contributed by atoms with Gasteiger partial charge in [-0.05, 0) is 42.7 Å². The lowest BCUT2D eigenvalue weighted by Gasteiger charge is -2.33. The Morgan fingerprint density at radius 1 is 1.09 bits per heavy atom. The highest BCUT2D eigenvalue weighted by molar-refractivity contribution is 8.01. The Balaban J connectivity index is 1.64. The maximum atomic E-state index is 14.6. The molecule has 1 N–H and O–H groups in total. The third kappa shape index (κ3) is 4.52. The summed E-state index contributed by atoms with van der Waals surface area (Å²) in [5.74, 6) is -3.48. The van der Waals surface area contributed by atoms with Crippen molar-refractivity contribution in [1.29, 1.82) is 0 Å². The Bertz CT molecular complexity index is 1240. The van der Waals surface area contributed by atoms with Gasteiger partial charge in [0.2, 0.25) is 0 Å². The first-order valence-corrected chi connectivity index (χ1v) is 10.9. The summed E-state index contributed by atoms with van der Waals surface area (Å²) in [6.45, 7) is 1.50. The summed E-state index contributed by atoms with van der Waals surface area (Å²) in [4.78, 5) is 8.15. The van der Waals surface area contributed by atoms with E-state index >= 15 is 0 Å². The molecule has 0 saturated carbocycles. The zero-order valence-corrected chi connectivity index (χ0v) is 18.0. The highest BCUT2D eigenvalue weighted by Gasteiger charge is 2.40. The molecule has 2 aromatic heterocycles. The van der Waals surface area contributed by atoms with Crippen molar-refractivity contribution >= 4 is 23.3 Å². The number of thioether (sulfide) groups is 1. The predicted octanol–water partition coefficient (Wildman–Crippen LogP) is 4.42. The van der Waals surface area contributed by atoms with Crippen molar-refractivity contribution in [3.05, 3.63) is 77.9 Å². The highest BCUT2D eigenvalue weighted by atomic mass is 32.2. The number of rotatable bonds is 7. The minimum atomic E-state index is -1.82. The molecule has 166 valence electrons. The van der Waals surface area contributed by atoms with Crippen molar-refractivity contribution in [1.82, 2.24) is 24.1 Å². The van der Waals surface area contributed by atoms with E-state index in [4.69, 9.17) is 0 Å². The molecule has 2 aromatic carbocycles. The van der Waals surface area contributed by atoms with E-state index < -0.39 is 34.1 Å². The third-order valence-corrected chi connectivity index (χ3v) is 6.86. The molecular weight excluding hydrogens is 466 g/mol. The van der Waals surface area contributed by atoms with E-state index in [-0.39, 0.29) is 17.9 Å². The van der Waals surface area contributed by atoms with Crippen molar-refractivity contribution in [3.8, 4) is 11.4 Å². The average Bonchev–Trinajstić information content (AvgIpc) is 3.42. The summed E-state index contributed by atoms with van der Waals surface area (Å²) in [7, 11) is 0. The van der Waals surface area contributed by atoms with Gasteiger partial charge in [-0.25, -0.2) is 32.2 Å². The molecule has 4 aromatic rings. The maximum absolute atomic E-state index is 14.6. The first kappa shape index (κ1) is 22.4. The molecule has 2 unspecified atom stereocenters. The van der Waals surface area contributed by atoms with Crippen LogP contribution in [0.25, 0.3) is 11.4 Å². The number of benzene rings is 2. The number of halogens is 4. The second-order valence-corrected chi connectivity index (χ2v) is 9.25. The Morgan fingerprint density at radius 2 is 1.91 bits per heavy atom. The van der Waals surface area contributed by atoms with Gasteiger partial charge in [0, 0.05) is 22.4 Å². The molecule has 0 aliphatic rings. The summed E-state index contributed by atoms with van der Waals surface area (Å²) in [5.41, 5.74) is -1.63. The normalized spacial score (nSPS) is 14.3. The lowest BCUT2D eigenvalue weighted by atomic mass is 9.90. The minimum absolute atomic E-state index is 0.111. The monoisotopic (exact) mass is 481 g/mol. The number of aliphatic hydroxyl groups is 1. The molecule has 0 saturated heterocycles.